The Morgan fingerprint density at radius 2 is 2.19 bits per heavy atom. The van der Waals surface area contributed by atoms with E-state index in [1.807, 2.05) is 0 Å². The van der Waals surface area contributed by atoms with E-state index in [0.717, 1.165) is 0 Å². The molecule has 0 aliphatic carbocycles. The number of ether oxygens (including phenoxy) is 1. The Labute approximate surface area is 149 Å². The Bertz CT molecular complexity index is 911. The molecule has 2 aromatic heterocycles. The van der Waals surface area contributed by atoms with E-state index in [1.165, 1.54) is 6.20 Å². The fourth-order valence-electron chi connectivity index (χ4n) is 2.59. The third kappa shape index (κ3) is 3.38. The average molecular weight is 356 g/mol. The lowest BCUT2D eigenvalue weighted by Crippen LogP contribution is -2.13. The van der Waals surface area contributed by atoms with E-state index in [9.17, 15) is 4.79 Å². The van der Waals surface area contributed by atoms with Gasteiger partial charge < -0.3 is 26.0 Å². The van der Waals surface area contributed by atoms with E-state index in [0.29, 0.717) is 52.9 Å². The van der Waals surface area contributed by atoms with E-state index in [-0.39, 0.29) is 5.91 Å². The first-order valence-electron chi connectivity index (χ1n) is 7.98. The number of rotatable bonds is 6. The summed E-state index contributed by atoms with van der Waals surface area (Å²) < 4.78 is 12.3. The summed E-state index contributed by atoms with van der Waals surface area (Å²) >= 11 is 0. The number of carbonyl (C=O) groups excluding carboxylic acids is 1. The van der Waals surface area contributed by atoms with Crippen LogP contribution in [0.3, 0.4) is 0 Å². The highest BCUT2D eigenvalue weighted by molar-refractivity contribution is 6.05. The van der Waals surface area contributed by atoms with Crippen molar-refractivity contribution in [2.24, 2.45) is 12.8 Å². The van der Waals surface area contributed by atoms with Gasteiger partial charge in [-0.15, -0.1) is 0 Å². The van der Waals surface area contributed by atoms with Crippen molar-refractivity contribution in [1.82, 2.24) is 14.9 Å². The molecule has 0 unspecified atom stereocenters. The minimum atomic E-state index is -0.316. The van der Waals surface area contributed by atoms with Gasteiger partial charge in [-0.3, -0.25) is 9.48 Å². The van der Waals surface area contributed by atoms with Crippen molar-refractivity contribution in [3.8, 4) is 17.0 Å². The quantitative estimate of drug-likeness (QED) is 0.610. The number of benzene rings is 1. The summed E-state index contributed by atoms with van der Waals surface area (Å²) in [5, 5.41) is 10.6. The van der Waals surface area contributed by atoms with Crippen LogP contribution < -0.4 is 21.5 Å². The van der Waals surface area contributed by atoms with Crippen LogP contribution in [0, 0.1) is 6.92 Å². The Hall–Kier alpha value is -3.33. The molecule has 26 heavy (non-hydrogen) atoms. The van der Waals surface area contributed by atoms with Gasteiger partial charge in [0.05, 0.1) is 23.8 Å². The number of nitrogens with two attached hydrogens (primary N) is 2. The van der Waals surface area contributed by atoms with Crippen LogP contribution in [0.15, 0.2) is 35.1 Å². The van der Waals surface area contributed by atoms with Crippen molar-refractivity contribution >= 4 is 17.3 Å². The summed E-state index contributed by atoms with van der Waals surface area (Å²) in [5.41, 5.74) is 14.4. The highest BCUT2D eigenvalue weighted by Gasteiger charge is 2.17. The van der Waals surface area contributed by atoms with Gasteiger partial charge in [-0.2, -0.15) is 5.10 Å². The molecule has 5 N–H and O–H groups in total. The maximum Gasteiger partial charge on any atom is 0.260 e. The maximum absolute atomic E-state index is 12.4. The summed E-state index contributed by atoms with van der Waals surface area (Å²) in [6.07, 6.45) is 2.94. The second-order valence-electron chi connectivity index (χ2n) is 5.67. The minimum Gasteiger partial charge on any atom is -0.492 e. The van der Waals surface area contributed by atoms with Crippen LogP contribution in [0.1, 0.15) is 16.1 Å². The SMILES string of the molecule is Cc1oncc1C(=O)Nc1ccc(OCCN)c(-c2c(N)cnn2C)c1. The van der Waals surface area contributed by atoms with Crippen LogP contribution >= 0.6 is 0 Å². The second-order valence-corrected chi connectivity index (χ2v) is 5.67. The zero-order chi connectivity index (χ0) is 18.7. The summed E-state index contributed by atoms with van der Waals surface area (Å²) in [6, 6.07) is 5.27. The molecule has 0 spiro atoms. The van der Waals surface area contributed by atoms with Gasteiger partial charge >= 0.3 is 0 Å². The summed E-state index contributed by atoms with van der Waals surface area (Å²) in [7, 11) is 1.78. The molecule has 3 rings (SSSR count). The molecule has 2 heterocycles. The number of aromatic nitrogens is 3. The number of carbonyl (C=O) groups is 1. The average Bonchev–Trinajstić information content (AvgIpc) is 3.19. The molecule has 0 fully saturated rings. The van der Waals surface area contributed by atoms with Crippen LogP contribution in [0.4, 0.5) is 11.4 Å². The lowest BCUT2D eigenvalue weighted by atomic mass is 10.1. The van der Waals surface area contributed by atoms with Crippen LogP contribution in [0.5, 0.6) is 5.75 Å². The van der Waals surface area contributed by atoms with Crippen molar-refractivity contribution in [2.45, 2.75) is 6.92 Å². The fourth-order valence-corrected chi connectivity index (χ4v) is 2.59. The molecule has 9 heteroatoms. The lowest BCUT2D eigenvalue weighted by molar-refractivity contribution is 0.102. The zero-order valence-corrected chi connectivity index (χ0v) is 14.5. The van der Waals surface area contributed by atoms with Gasteiger partial charge in [-0.1, -0.05) is 5.16 Å². The van der Waals surface area contributed by atoms with Crippen LogP contribution in [-0.2, 0) is 7.05 Å². The van der Waals surface area contributed by atoms with Gasteiger partial charge in [0.2, 0.25) is 0 Å². The molecule has 0 aliphatic rings. The molecule has 0 atom stereocenters. The smallest absolute Gasteiger partial charge is 0.260 e. The molecule has 1 amide bonds. The molecule has 0 saturated heterocycles. The highest BCUT2D eigenvalue weighted by atomic mass is 16.5. The molecule has 136 valence electrons. The fraction of sp³-hybridized carbons (Fsp3) is 0.235. The van der Waals surface area contributed by atoms with Gasteiger partial charge in [0.15, 0.2) is 0 Å². The van der Waals surface area contributed by atoms with Gasteiger partial charge in [0.1, 0.15) is 23.7 Å². The van der Waals surface area contributed by atoms with Crippen molar-refractivity contribution in [3.05, 3.63) is 41.9 Å². The molecule has 0 bridgehead atoms. The first kappa shape index (κ1) is 17.5. The van der Waals surface area contributed by atoms with Crippen molar-refractivity contribution in [1.29, 1.82) is 0 Å². The molecule has 1 aromatic carbocycles. The summed E-state index contributed by atoms with van der Waals surface area (Å²) in [5.74, 6) is 0.731. The van der Waals surface area contributed by atoms with E-state index in [2.05, 4.69) is 15.6 Å². The topological polar surface area (TPSA) is 134 Å². The summed E-state index contributed by atoms with van der Waals surface area (Å²) in [6.45, 7) is 2.41. The van der Waals surface area contributed by atoms with Gasteiger partial charge in [0.25, 0.3) is 5.91 Å². The maximum atomic E-state index is 12.4. The normalized spacial score (nSPS) is 10.7. The number of anilines is 2. The van der Waals surface area contributed by atoms with Gasteiger partial charge in [0, 0.05) is 24.8 Å². The van der Waals surface area contributed by atoms with Crippen LogP contribution in [0.2, 0.25) is 0 Å². The van der Waals surface area contributed by atoms with Crippen LogP contribution in [0.25, 0.3) is 11.3 Å². The lowest BCUT2D eigenvalue weighted by Gasteiger charge is -2.14. The Kier molecular flexibility index (Phi) is 4.90. The predicted octanol–water partition coefficient (Wildman–Crippen LogP) is 1.56. The van der Waals surface area contributed by atoms with Crippen molar-refractivity contribution in [2.75, 3.05) is 24.2 Å². The first-order valence-corrected chi connectivity index (χ1v) is 7.98. The third-order valence-corrected chi connectivity index (χ3v) is 3.83. The van der Waals surface area contributed by atoms with E-state index >= 15 is 0 Å². The number of nitrogens with zero attached hydrogens (tertiary/aromatic N) is 3. The second kappa shape index (κ2) is 7.28. The Morgan fingerprint density at radius 3 is 2.81 bits per heavy atom. The number of nitrogen functional groups attached to an aromatic ring is 1. The first-order chi connectivity index (χ1) is 12.5. The largest absolute Gasteiger partial charge is 0.492 e. The van der Waals surface area contributed by atoms with E-state index in [4.69, 9.17) is 20.7 Å². The zero-order valence-electron chi connectivity index (χ0n) is 14.5. The monoisotopic (exact) mass is 356 g/mol. The third-order valence-electron chi connectivity index (χ3n) is 3.83. The van der Waals surface area contributed by atoms with Gasteiger partial charge in [-0.05, 0) is 25.1 Å². The molecular formula is C17H20N6O3. The highest BCUT2D eigenvalue weighted by Crippen LogP contribution is 2.35. The number of aryl methyl sites for hydroxylation is 2. The predicted molar refractivity (Wildman–Crippen MR) is 96.8 cm³/mol. The van der Waals surface area contributed by atoms with E-state index in [1.54, 1.807) is 43.0 Å². The van der Waals surface area contributed by atoms with E-state index < -0.39 is 0 Å². The number of amides is 1. The summed E-state index contributed by atoms with van der Waals surface area (Å²) in [4.78, 5) is 12.4. The number of nitrogens with one attached hydrogen (secondary N) is 1. The number of hydrogen-bond acceptors (Lipinski definition) is 7. The van der Waals surface area contributed by atoms with Crippen molar-refractivity contribution < 1.29 is 14.1 Å². The van der Waals surface area contributed by atoms with Gasteiger partial charge in [-0.25, -0.2) is 0 Å². The molecular weight excluding hydrogens is 336 g/mol. The molecule has 9 nitrogen and oxygen atoms in total. The molecule has 0 saturated carbocycles. The molecule has 0 aliphatic heterocycles. The molecule has 3 aromatic rings. The Morgan fingerprint density at radius 1 is 1.38 bits per heavy atom. The number of hydrogen-bond donors (Lipinski definition) is 3. The Balaban J connectivity index is 1.97. The van der Waals surface area contributed by atoms with Crippen molar-refractivity contribution in [3.63, 3.8) is 0 Å². The van der Waals surface area contributed by atoms with Crippen LogP contribution in [-0.4, -0.2) is 34.0 Å². The molecule has 0 radical (unpaired) electrons. The minimum absolute atomic E-state index is 0.316. The standard InChI is InChI=1S/C17H20N6O3/c1-10-13(8-21-26-10)17(24)22-11-3-4-15(25-6-5-18)12(7-11)16-14(19)9-20-23(16)2/h3-4,7-9H,5-6,18-19H2,1-2H3,(H,22,24).